The van der Waals surface area contributed by atoms with Gasteiger partial charge in [-0.05, 0) is 13.0 Å². The molecule has 4 heteroatoms. The third-order valence-corrected chi connectivity index (χ3v) is 2.02. The highest BCUT2D eigenvalue weighted by Gasteiger charge is 2.06. The first-order valence-corrected chi connectivity index (χ1v) is 7.05. The average Bonchev–Trinajstić information content (AvgIpc) is 2.86. The summed E-state index contributed by atoms with van der Waals surface area (Å²) in [4.78, 5) is 12.5. The third kappa shape index (κ3) is 6.13. The van der Waals surface area contributed by atoms with Gasteiger partial charge in [-0.1, -0.05) is 41.5 Å². The van der Waals surface area contributed by atoms with Gasteiger partial charge in [0, 0.05) is 19.4 Å². The van der Waals surface area contributed by atoms with E-state index >= 15 is 0 Å². The molecule has 0 spiro atoms. The molecule has 0 radical (unpaired) electrons. The Bertz CT molecular complexity index is 407. The Morgan fingerprint density at radius 1 is 0.842 bits per heavy atom. The molecule has 0 aromatic carbocycles. The van der Waals surface area contributed by atoms with E-state index in [4.69, 9.17) is 0 Å². The van der Waals surface area contributed by atoms with Gasteiger partial charge in [0.05, 0.1) is 6.20 Å². The van der Waals surface area contributed by atoms with Gasteiger partial charge < -0.3 is 4.57 Å². The summed E-state index contributed by atoms with van der Waals surface area (Å²) in [5, 5.41) is 0. The lowest BCUT2D eigenvalue weighted by atomic mass is 10.4. The highest BCUT2D eigenvalue weighted by atomic mass is 15.1. The SMILES string of the molecule is CC.CC.CC.Cc1ncc(-c2ncccn2)n1C. The van der Waals surface area contributed by atoms with Crippen molar-refractivity contribution in [2.24, 2.45) is 7.05 Å². The maximum atomic E-state index is 4.18. The smallest absolute Gasteiger partial charge is 0.177 e. The highest BCUT2D eigenvalue weighted by molar-refractivity contribution is 5.48. The molecule has 0 atom stereocenters. The topological polar surface area (TPSA) is 43.6 Å². The summed E-state index contributed by atoms with van der Waals surface area (Å²) in [5.41, 5.74) is 0.943. The van der Waals surface area contributed by atoms with E-state index in [9.17, 15) is 0 Å². The molecular formula is C15H28N4. The van der Waals surface area contributed by atoms with E-state index in [1.165, 1.54) is 0 Å². The molecule has 0 amide bonds. The van der Waals surface area contributed by atoms with Crippen molar-refractivity contribution in [2.45, 2.75) is 48.5 Å². The minimum absolute atomic E-state index is 0.714. The molecule has 19 heavy (non-hydrogen) atoms. The second kappa shape index (κ2) is 12.7. The quantitative estimate of drug-likeness (QED) is 0.772. The van der Waals surface area contributed by atoms with E-state index in [1.807, 2.05) is 60.1 Å². The Kier molecular flexibility index (Phi) is 13.2. The van der Waals surface area contributed by atoms with Crippen LogP contribution in [-0.4, -0.2) is 19.5 Å². The Morgan fingerprint density at radius 3 is 1.68 bits per heavy atom. The van der Waals surface area contributed by atoms with E-state index in [0.29, 0.717) is 5.82 Å². The van der Waals surface area contributed by atoms with Crippen molar-refractivity contribution in [3.8, 4) is 11.5 Å². The summed E-state index contributed by atoms with van der Waals surface area (Å²) in [6, 6.07) is 1.80. The Morgan fingerprint density at radius 2 is 1.32 bits per heavy atom. The fourth-order valence-corrected chi connectivity index (χ4v) is 1.14. The molecule has 0 fully saturated rings. The fraction of sp³-hybridized carbons (Fsp3) is 0.533. The highest BCUT2D eigenvalue weighted by Crippen LogP contribution is 2.13. The molecule has 0 aliphatic rings. The van der Waals surface area contributed by atoms with E-state index in [1.54, 1.807) is 24.7 Å². The number of aromatic nitrogens is 4. The summed E-state index contributed by atoms with van der Waals surface area (Å²) < 4.78 is 1.97. The number of nitrogens with zero attached hydrogens (tertiary/aromatic N) is 4. The second-order valence-electron chi connectivity index (χ2n) is 2.82. The van der Waals surface area contributed by atoms with Crippen LogP contribution in [0.4, 0.5) is 0 Å². The third-order valence-electron chi connectivity index (χ3n) is 2.02. The Labute approximate surface area is 118 Å². The van der Waals surface area contributed by atoms with Crippen molar-refractivity contribution in [3.63, 3.8) is 0 Å². The number of hydrogen-bond acceptors (Lipinski definition) is 3. The maximum Gasteiger partial charge on any atom is 0.177 e. The summed E-state index contributed by atoms with van der Waals surface area (Å²) in [7, 11) is 1.95. The lowest BCUT2D eigenvalue weighted by Gasteiger charge is -2.00. The average molecular weight is 264 g/mol. The first-order chi connectivity index (χ1) is 9.29. The molecule has 2 rings (SSSR count). The number of imidazole rings is 1. The zero-order chi connectivity index (χ0) is 15.3. The van der Waals surface area contributed by atoms with Crippen LogP contribution in [0.25, 0.3) is 11.5 Å². The Hall–Kier alpha value is -1.71. The van der Waals surface area contributed by atoms with Gasteiger partial charge in [-0.2, -0.15) is 0 Å². The van der Waals surface area contributed by atoms with E-state index in [0.717, 1.165) is 11.5 Å². The summed E-state index contributed by atoms with van der Waals surface area (Å²) in [6.45, 7) is 14.0. The van der Waals surface area contributed by atoms with E-state index in [2.05, 4.69) is 15.0 Å². The Balaban J connectivity index is 0. The van der Waals surface area contributed by atoms with Crippen molar-refractivity contribution >= 4 is 0 Å². The van der Waals surface area contributed by atoms with Crippen molar-refractivity contribution in [3.05, 3.63) is 30.5 Å². The van der Waals surface area contributed by atoms with Crippen LogP contribution in [-0.2, 0) is 7.05 Å². The molecular weight excluding hydrogens is 236 g/mol. The van der Waals surface area contributed by atoms with Crippen LogP contribution >= 0.6 is 0 Å². The van der Waals surface area contributed by atoms with Gasteiger partial charge in [0.15, 0.2) is 5.82 Å². The zero-order valence-electron chi connectivity index (χ0n) is 13.6. The first-order valence-electron chi connectivity index (χ1n) is 7.05. The van der Waals surface area contributed by atoms with Gasteiger partial charge in [-0.15, -0.1) is 0 Å². The van der Waals surface area contributed by atoms with Crippen molar-refractivity contribution in [1.82, 2.24) is 19.5 Å². The minimum atomic E-state index is 0.714. The molecule has 0 bridgehead atoms. The van der Waals surface area contributed by atoms with Crippen LogP contribution in [0.5, 0.6) is 0 Å². The minimum Gasteiger partial charge on any atom is -0.329 e. The number of aryl methyl sites for hydroxylation is 1. The number of hydrogen-bond donors (Lipinski definition) is 0. The van der Waals surface area contributed by atoms with Gasteiger partial charge in [-0.3, -0.25) is 0 Å². The summed E-state index contributed by atoms with van der Waals surface area (Å²) in [5.74, 6) is 1.67. The zero-order valence-corrected chi connectivity index (χ0v) is 13.6. The van der Waals surface area contributed by atoms with Gasteiger partial charge in [0.2, 0.25) is 0 Å². The summed E-state index contributed by atoms with van der Waals surface area (Å²) >= 11 is 0. The molecule has 2 aromatic heterocycles. The lowest BCUT2D eigenvalue weighted by molar-refractivity contribution is 0.856. The van der Waals surface area contributed by atoms with Gasteiger partial charge >= 0.3 is 0 Å². The second-order valence-corrected chi connectivity index (χ2v) is 2.82. The van der Waals surface area contributed by atoms with Gasteiger partial charge in [0.1, 0.15) is 11.5 Å². The standard InChI is InChI=1S/C9H10N4.3C2H6/c1-7-12-6-8(13(7)2)9-10-4-3-5-11-9;3*1-2/h3-6H,1-2H3;3*1-2H3. The van der Waals surface area contributed by atoms with E-state index < -0.39 is 0 Å². The van der Waals surface area contributed by atoms with Crippen molar-refractivity contribution in [1.29, 1.82) is 0 Å². The normalized spacial score (nSPS) is 8.00. The van der Waals surface area contributed by atoms with Crippen LogP contribution < -0.4 is 0 Å². The van der Waals surface area contributed by atoms with Crippen LogP contribution in [0.15, 0.2) is 24.7 Å². The largest absolute Gasteiger partial charge is 0.329 e. The first kappa shape index (κ1) is 19.6. The fourth-order valence-electron chi connectivity index (χ4n) is 1.14. The summed E-state index contributed by atoms with van der Waals surface area (Å²) in [6.07, 6.45) is 5.24. The molecule has 0 saturated carbocycles. The lowest BCUT2D eigenvalue weighted by Crippen LogP contribution is -1.96. The molecule has 2 aromatic rings. The molecule has 2 heterocycles. The molecule has 4 nitrogen and oxygen atoms in total. The molecule has 0 unspecified atom stereocenters. The molecule has 0 saturated heterocycles. The van der Waals surface area contributed by atoms with Crippen molar-refractivity contribution in [2.75, 3.05) is 0 Å². The number of rotatable bonds is 1. The van der Waals surface area contributed by atoms with Crippen LogP contribution in [0.2, 0.25) is 0 Å². The maximum absolute atomic E-state index is 4.18. The molecule has 0 aliphatic carbocycles. The molecule has 0 N–H and O–H groups in total. The van der Waals surface area contributed by atoms with Crippen LogP contribution in [0.3, 0.4) is 0 Å². The van der Waals surface area contributed by atoms with Gasteiger partial charge in [0.25, 0.3) is 0 Å². The molecule has 108 valence electrons. The van der Waals surface area contributed by atoms with Crippen LogP contribution in [0.1, 0.15) is 47.4 Å². The van der Waals surface area contributed by atoms with Crippen molar-refractivity contribution < 1.29 is 0 Å². The predicted octanol–water partition coefficient (Wildman–Crippen LogP) is 4.26. The predicted molar refractivity (Wildman–Crippen MR) is 83.0 cm³/mol. The monoisotopic (exact) mass is 264 g/mol. The van der Waals surface area contributed by atoms with Crippen LogP contribution in [0, 0.1) is 6.92 Å². The molecule has 0 aliphatic heterocycles. The van der Waals surface area contributed by atoms with Gasteiger partial charge in [-0.25, -0.2) is 15.0 Å². The van der Waals surface area contributed by atoms with E-state index in [-0.39, 0.29) is 0 Å².